The van der Waals surface area contributed by atoms with Gasteiger partial charge in [-0.05, 0) is 34.7 Å². The number of anilines is 1. The summed E-state index contributed by atoms with van der Waals surface area (Å²) >= 11 is 8.57. The van der Waals surface area contributed by atoms with E-state index in [9.17, 15) is 4.79 Å². The number of thioether (sulfide) groups is 1. The van der Waals surface area contributed by atoms with Crippen molar-refractivity contribution in [3.05, 3.63) is 40.4 Å². The number of rotatable bonds is 5. The molecule has 26 heavy (non-hydrogen) atoms. The second-order valence-corrected chi connectivity index (χ2v) is 8.71. The number of hydrogen-bond acceptors (Lipinski definition) is 7. The van der Waals surface area contributed by atoms with Crippen molar-refractivity contribution in [1.29, 1.82) is 0 Å². The Kier molecular flexibility index (Phi) is 5.59. The number of benzene rings is 1. The molecule has 0 aliphatic heterocycles. The highest BCUT2D eigenvalue weighted by molar-refractivity contribution is 7.99. The number of hydrogen-bond donors (Lipinski definition) is 1. The van der Waals surface area contributed by atoms with Crippen LogP contribution in [-0.4, -0.2) is 36.9 Å². The van der Waals surface area contributed by atoms with Crippen molar-refractivity contribution in [3.8, 4) is 5.69 Å². The lowest BCUT2D eigenvalue weighted by Crippen LogP contribution is -2.16. The summed E-state index contributed by atoms with van der Waals surface area (Å²) in [5.41, 5.74) is 1.68. The number of aromatic nitrogens is 5. The smallest absolute Gasteiger partial charge is 0.236 e. The zero-order valence-electron chi connectivity index (χ0n) is 14.4. The van der Waals surface area contributed by atoms with Gasteiger partial charge in [-0.2, -0.15) is 4.68 Å². The van der Waals surface area contributed by atoms with Gasteiger partial charge in [0.1, 0.15) is 0 Å². The molecule has 7 nitrogen and oxygen atoms in total. The number of tetrazole rings is 1. The average molecular weight is 409 g/mol. The minimum absolute atomic E-state index is 0.0467. The molecule has 0 radical (unpaired) electrons. The van der Waals surface area contributed by atoms with E-state index in [1.807, 2.05) is 17.5 Å². The number of nitrogens with zero attached hydrogens (tertiary/aromatic N) is 5. The van der Waals surface area contributed by atoms with Crippen LogP contribution >= 0.6 is 34.7 Å². The highest BCUT2D eigenvalue weighted by atomic mass is 35.5. The maximum Gasteiger partial charge on any atom is 0.236 e. The van der Waals surface area contributed by atoms with E-state index in [2.05, 4.69) is 46.6 Å². The van der Waals surface area contributed by atoms with E-state index in [-0.39, 0.29) is 17.1 Å². The van der Waals surface area contributed by atoms with Crippen LogP contribution in [0.15, 0.2) is 34.8 Å². The number of halogens is 1. The van der Waals surface area contributed by atoms with Gasteiger partial charge < -0.3 is 5.32 Å². The van der Waals surface area contributed by atoms with Crippen molar-refractivity contribution in [2.24, 2.45) is 0 Å². The fraction of sp³-hybridized carbons (Fsp3) is 0.312. The zero-order valence-corrected chi connectivity index (χ0v) is 16.8. The molecule has 0 spiro atoms. The van der Waals surface area contributed by atoms with Crippen LogP contribution in [-0.2, 0) is 10.2 Å². The summed E-state index contributed by atoms with van der Waals surface area (Å²) in [5, 5.41) is 18.1. The van der Waals surface area contributed by atoms with E-state index in [0.717, 1.165) is 11.4 Å². The van der Waals surface area contributed by atoms with Gasteiger partial charge in [0.2, 0.25) is 11.1 Å². The molecule has 0 aliphatic rings. The van der Waals surface area contributed by atoms with E-state index >= 15 is 0 Å². The second-order valence-electron chi connectivity index (χ2n) is 6.47. The van der Waals surface area contributed by atoms with Gasteiger partial charge in [-0.1, -0.05) is 44.1 Å². The van der Waals surface area contributed by atoms with Crippen LogP contribution in [0.2, 0.25) is 5.02 Å². The van der Waals surface area contributed by atoms with Crippen LogP contribution in [0.25, 0.3) is 5.69 Å². The molecule has 2 aromatic heterocycles. The largest absolute Gasteiger partial charge is 0.301 e. The molecule has 3 aromatic rings. The topological polar surface area (TPSA) is 85.6 Å². The van der Waals surface area contributed by atoms with Crippen LogP contribution < -0.4 is 5.32 Å². The summed E-state index contributed by atoms with van der Waals surface area (Å²) in [6, 6.07) is 7.14. The second kappa shape index (κ2) is 7.73. The summed E-state index contributed by atoms with van der Waals surface area (Å²) in [5.74, 6) is 0.0220. The predicted octanol–water partition coefficient (Wildman–Crippen LogP) is 3.80. The third kappa shape index (κ3) is 4.60. The van der Waals surface area contributed by atoms with Crippen molar-refractivity contribution in [2.75, 3.05) is 11.1 Å². The fourth-order valence-electron chi connectivity index (χ4n) is 1.97. The van der Waals surface area contributed by atoms with Gasteiger partial charge in [-0.15, -0.1) is 16.4 Å². The van der Waals surface area contributed by atoms with Gasteiger partial charge in [0, 0.05) is 15.8 Å². The number of nitrogens with one attached hydrogen (secondary N) is 1. The van der Waals surface area contributed by atoms with Crippen molar-refractivity contribution in [1.82, 2.24) is 25.2 Å². The van der Waals surface area contributed by atoms with Crippen molar-refractivity contribution in [2.45, 2.75) is 31.3 Å². The van der Waals surface area contributed by atoms with E-state index in [1.165, 1.54) is 23.1 Å². The maximum absolute atomic E-state index is 12.2. The van der Waals surface area contributed by atoms with E-state index in [0.29, 0.717) is 15.3 Å². The third-order valence-corrected chi connectivity index (χ3v) is 5.29. The fourth-order valence-corrected chi connectivity index (χ4v) is 3.74. The Balaban J connectivity index is 1.61. The Morgan fingerprint density at radius 2 is 2.04 bits per heavy atom. The molecule has 10 heteroatoms. The van der Waals surface area contributed by atoms with Gasteiger partial charge >= 0.3 is 0 Å². The number of carbonyl (C=O) groups excluding carboxylic acids is 1. The molecule has 0 bridgehead atoms. The lowest BCUT2D eigenvalue weighted by molar-refractivity contribution is -0.113. The Labute approximate surface area is 164 Å². The molecule has 136 valence electrons. The molecule has 0 fully saturated rings. The van der Waals surface area contributed by atoms with Crippen LogP contribution in [0.5, 0.6) is 0 Å². The van der Waals surface area contributed by atoms with E-state index < -0.39 is 0 Å². The van der Waals surface area contributed by atoms with E-state index in [4.69, 9.17) is 11.6 Å². The lowest BCUT2D eigenvalue weighted by Gasteiger charge is -2.14. The normalized spacial score (nSPS) is 11.5. The molecule has 1 N–H and O–H groups in total. The first-order valence-electron chi connectivity index (χ1n) is 7.76. The number of carbonyl (C=O) groups is 1. The first kappa shape index (κ1) is 18.8. The van der Waals surface area contributed by atoms with Crippen molar-refractivity contribution in [3.63, 3.8) is 0 Å². The van der Waals surface area contributed by atoms with Crippen molar-refractivity contribution < 1.29 is 4.79 Å². The monoisotopic (exact) mass is 408 g/mol. The third-order valence-electron chi connectivity index (χ3n) is 3.36. The van der Waals surface area contributed by atoms with Gasteiger partial charge in [0.15, 0.2) is 5.13 Å². The molecule has 1 amide bonds. The number of amides is 1. The van der Waals surface area contributed by atoms with Crippen molar-refractivity contribution >= 4 is 45.7 Å². The first-order valence-corrected chi connectivity index (χ1v) is 10.0. The van der Waals surface area contributed by atoms with Crippen LogP contribution in [0.1, 0.15) is 26.5 Å². The minimum Gasteiger partial charge on any atom is -0.301 e. The van der Waals surface area contributed by atoms with Crippen LogP contribution in [0.4, 0.5) is 5.13 Å². The average Bonchev–Trinajstić information content (AvgIpc) is 3.22. The summed E-state index contributed by atoms with van der Waals surface area (Å²) in [6.45, 7) is 6.25. The molecule has 0 unspecified atom stereocenters. The maximum atomic E-state index is 12.2. The first-order chi connectivity index (χ1) is 12.3. The molecular weight excluding hydrogens is 392 g/mol. The van der Waals surface area contributed by atoms with E-state index in [1.54, 1.807) is 16.8 Å². The summed E-state index contributed by atoms with van der Waals surface area (Å²) in [7, 11) is 0. The Morgan fingerprint density at radius 3 is 2.69 bits per heavy atom. The predicted molar refractivity (Wildman–Crippen MR) is 104 cm³/mol. The summed E-state index contributed by atoms with van der Waals surface area (Å²) in [6.07, 6.45) is 0. The molecule has 1 aromatic carbocycles. The zero-order chi connectivity index (χ0) is 18.7. The van der Waals surface area contributed by atoms with Crippen LogP contribution in [0.3, 0.4) is 0 Å². The Morgan fingerprint density at radius 1 is 1.31 bits per heavy atom. The van der Waals surface area contributed by atoms with Gasteiger partial charge in [0.05, 0.1) is 17.1 Å². The Bertz CT molecular complexity index is 900. The molecule has 0 saturated carbocycles. The van der Waals surface area contributed by atoms with Gasteiger partial charge in [-0.25, -0.2) is 4.98 Å². The molecular formula is C16H17ClN6OS2. The highest BCUT2D eigenvalue weighted by Gasteiger charge is 2.18. The molecule has 2 heterocycles. The van der Waals surface area contributed by atoms with Gasteiger partial charge in [0.25, 0.3) is 0 Å². The standard InChI is InChI=1S/C16H17ClN6OS2/c1-16(2,3)12-8-25-14(18-12)19-13(24)9-26-15-20-21-22-23(15)11-6-4-10(17)5-7-11/h4-8H,9H2,1-3H3,(H,18,19,24). The minimum atomic E-state index is -0.157. The van der Waals surface area contributed by atoms with Crippen LogP contribution in [0, 0.1) is 0 Å². The molecule has 0 atom stereocenters. The van der Waals surface area contributed by atoms with Gasteiger partial charge in [-0.3, -0.25) is 4.79 Å². The SMILES string of the molecule is CC(C)(C)c1csc(NC(=O)CSc2nnnn2-c2ccc(Cl)cc2)n1. The molecule has 3 rings (SSSR count). The summed E-state index contributed by atoms with van der Waals surface area (Å²) < 4.78 is 1.56. The highest BCUT2D eigenvalue weighted by Crippen LogP contribution is 2.26. The Hall–Kier alpha value is -1.97. The lowest BCUT2D eigenvalue weighted by atomic mass is 9.93. The quantitative estimate of drug-likeness (QED) is 0.646. The summed E-state index contributed by atoms with van der Waals surface area (Å²) in [4.78, 5) is 16.7. The molecule has 0 saturated heterocycles. The number of thiazole rings is 1. The molecule has 0 aliphatic carbocycles.